The molecule has 0 saturated carbocycles. The van der Waals surface area contributed by atoms with E-state index in [0.29, 0.717) is 18.4 Å². The second kappa shape index (κ2) is 9.56. The van der Waals surface area contributed by atoms with Crippen molar-refractivity contribution in [2.45, 2.75) is 57.8 Å². The third-order valence-corrected chi connectivity index (χ3v) is 5.39. The van der Waals surface area contributed by atoms with Gasteiger partial charge in [-0.1, -0.05) is 38.3 Å². The summed E-state index contributed by atoms with van der Waals surface area (Å²) in [6, 6.07) is 8.18. The summed E-state index contributed by atoms with van der Waals surface area (Å²) < 4.78 is 23.4. The molecule has 0 N–H and O–H groups in total. The minimum Gasteiger partial charge on any atom is -0.497 e. The number of rotatable bonds is 7. The van der Waals surface area contributed by atoms with Crippen molar-refractivity contribution in [3.8, 4) is 5.75 Å². The van der Waals surface area contributed by atoms with E-state index in [0.717, 1.165) is 31.8 Å². The number of hydrogen-bond acceptors (Lipinski definition) is 4. The van der Waals surface area contributed by atoms with E-state index < -0.39 is 0 Å². The van der Waals surface area contributed by atoms with Crippen LogP contribution in [0.3, 0.4) is 0 Å². The lowest BCUT2D eigenvalue weighted by molar-refractivity contribution is -0.241. The van der Waals surface area contributed by atoms with Crippen molar-refractivity contribution < 1.29 is 18.9 Å². The highest BCUT2D eigenvalue weighted by Crippen LogP contribution is 2.34. The molecule has 2 atom stereocenters. The fourth-order valence-electron chi connectivity index (χ4n) is 3.75. The molecule has 0 amide bonds. The lowest BCUT2D eigenvalue weighted by Gasteiger charge is -2.37. The normalized spacial score (nSPS) is 30.2. The Kier molecular flexibility index (Phi) is 7.14. The van der Waals surface area contributed by atoms with Crippen LogP contribution in [0.25, 0.3) is 0 Å². The van der Waals surface area contributed by atoms with Gasteiger partial charge in [0, 0.05) is 11.8 Å². The molecule has 0 aromatic heterocycles. The zero-order valence-electron chi connectivity index (χ0n) is 15.6. The second-order valence-electron chi connectivity index (χ2n) is 7.33. The predicted octanol–water partition coefficient (Wildman–Crippen LogP) is 4.73. The Bertz CT molecular complexity index is 485. The molecule has 140 valence electrons. The second-order valence-corrected chi connectivity index (χ2v) is 7.33. The summed E-state index contributed by atoms with van der Waals surface area (Å²) in [6.07, 6.45) is 7.28. The average Bonchev–Trinajstić information content (AvgIpc) is 2.69. The standard InChI is InChI=1S/C21H32O4/c1-3-4-5-6-16-13-24-21(25-14-16)18-9-12-20(23-15-18)17-7-10-19(22-2)11-8-17/h7-8,10-11,16,18,20-21H,3-6,9,12-15H2,1-2H3. The molecule has 4 nitrogen and oxygen atoms in total. The van der Waals surface area contributed by atoms with Gasteiger partial charge in [-0.2, -0.15) is 0 Å². The molecule has 0 radical (unpaired) electrons. The number of benzene rings is 1. The lowest BCUT2D eigenvalue weighted by Crippen LogP contribution is -2.40. The van der Waals surface area contributed by atoms with Crippen molar-refractivity contribution >= 4 is 0 Å². The van der Waals surface area contributed by atoms with Crippen LogP contribution >= 0.6 is 0 Å². The minimum atomic E-state index is -0.0840. The molecule has 2 unspecified atom stereocenters. The van der Waals surface area contributed by atoms with Crippen molar-refractivity contribution in [1.29, 1.82) is 0 Å². The molecule has 1 aromatic rings. The van der Waals surface area contributed by atoms with Crippen molar-refractivity contribution in [3.05, 3.63) is 29.8 Å². The van der Waals surface area contributed by atoms with Gasteiger partial charge >= 0.3 is 0 Å². The number of unbranched alkanes of at least 4 members (excludes halogenated alkanes) is 2. The van der Waals surface area contributed by atoms with E-state index >= 15 is 0 Å². The van der Waals surface area contributed by atoms with Crippen molar-refractivity contribution in [2.24, 2.45) is 11.8 Å². The molecule has 2 saturated heterocycles. The van der Waals surface area contributed by atoms with Gasteiger partial charge in [-0.15, -0.1) is 0 Å². The summed E-state index contributed by atoms with van der Waals surface area (Å²) in [6.45, 7) is 4.63. The van der Waals surface area contributed by atoms with Gasteiger partial charge < -0.3 is 18.9 Å². The molecule has 2 heterocycles. The fraction of sp³-hybridized carbons (Fsp3) is 0.714. The largest absolute Gasteiger partial charge is 0.497 e. The Morgan fingerprint density at radius 1 is 0.960 bits per heavy atom. The highest BCUT2D eigenvalue weighted by atomic mass is 16.7. The van der Waals surface area contributed by atoms with Gasteiger partial charge in [0.15, 0.2) is 6.29 Å². The summed E-state index contributed by atoms with van der Waals surface area (Å²) in [5.74, 6) is 1.81. The summed E-state index contributed by atoms with van der Waals surface area (Å²) in [5, 5.41) is 0. The third-order valence-electron chi connectivity index (χ3n) is 5.39. The van der Waals surface area contributed by atoms with E-state index in [1.54, 1.807) is 7.11 Å². The highest BCUT2D eigenvalue weighted by molar-refractivity contribution is 5.28. The van der Waals surface area contributed by atoms with Crippen LogP contribution in [0.1, 0.15) is 57.1 Å². The van der Waals surface area contributed by atoms with Crippen LogP contribution in [-0.4, -0.2) is 33.2 Å². The Hall–Kier alpha value is -1.10. The average molecular weight is 348 g/mol. The first-order valence-corrected chi connectivity index (χ1v) is 9.79. The maximum Gasteiger partial charge on any atom is 0.162 e. The molecule has 25 heavy (non-hydrogen) atoms. The molecule has 2 fully saturated rings. The molecule has 2 aliphatic heterocycles. The Morgan fingerprint density at radius 2 is 1.72 bits per heavy atom. The Morgan fingerprint density at radius 3 is 2.32 bits per heavy atom. The molecule has 0 bridgehead atoms. The van der Waals surface area contributed by atoms with Crippen LogP contribution in [0.15, 0.2) is 24.3 Å². The van der Waals surface area contributed by atoms with Gasteiger partial charge in [0.2, 0.25) is 0 Å². The first kappa shape index (κ1) is 18.7. The van der Waals surface area contributed by atoms with E-state index in [2.05, 4.69) is 19.1 Å². The highest BCUT2D eigenvalue weighted by Gasteiger charge is 2.33. The van der Waals surface area contributed by atoms with Gasteiger partial charge in [-0.05, 0) is 37.0 Å². The van der Waals surface area contributed by atoms with Gasteiger partial charge in [0.05, 0.1) is 33.0 Å². The van der Waals surface area contributed by atoms with Crippen LogP contribution in [-0.2, 0) is 14.2 Å². The molecule has 0 aliphatic carbocycles. The molecule has 4 heteroatoms. The lowest BCUT2D eigenvalue weighted by atomic mass is 9.93. The summed E-state index contributed by atoms with van der Waals surface area (Å²) in [7, 11) is 1.69. The molecule has 0 spiro atoms. The quantitative estimate of drug-likeness (QED) is 0.667. The van der Waals surface area contributed by atoms with Crippen molar-refractivity contribution in [1.82, 2.24) is 0 Å². The van der Waals surface area contributed by atoms with Crippen LogP contribution in [0.4, 0.5) is 0 Å². The van der Waals surface area contributed by atoms with Gasteiger partial charge in [0.25, 0.3) is 0 Å². The van der Waals surface area contributed by atoms with E-state index in [1.807, 2.05) is 12.1 Å². The minimum absolute atomic E-state index is 0.0840. The van der Waals surface area contributed by atoms with Crippen molar-refractivity contribution in [3.63, 3.8) is 0 Å². The maximum absolute atomic E-state index is 6.11. The van der Waals surface area contributed by atoms with Crippen LogP contribution in [0, 0.1) is 11.8 Å². The van der Waals surface area contributed by atoms with Gasteiger partial charge in [0.1, 0.15) is 5.75 Å². The SMILES string of the molecule is CCCCCC1COC(C2CCC(c3ccc(OC)cc3)OC2)OC1. The molecular formula is C21H32O4. The monoisotopic (exact) mass is 348 g/mol. The first-order chi connectivity index (χ1) is 12.3. The molecular weight excluding hydrogens is 316 g/mol. The maximum atomic E-state index is 6.11. The number of ether oxygens (including phenoxy) is 4. The molecule has 1 aromatic carbocycles. The van der Waals surface area contributed by atoms with Crippen LogP contribution < -0.4 is 4.74 Å². The van der Waals surface area contributed by atoms with E-state index in [4.69, 9.17) is 18.9 Å². The predicted molar refractivity (Wildman–Crippen MR) is 97.7 cm³/mol. The Balaban J connectivity index is 1.40. The summed E-state index contributed by atoms with van der Waals surface area (Å²) in [5.41, 5.74) is 1.22. The van der Waals surface area contributed by atoms with E-state index in [1.165, 1.54) is 31.2 Å². The molecule has 2 aliphatic rings. The summed E-state index contributed by atoms with van der Waals surface area (Å²) >= 11 is 0. The van der Waals surface area contributed by atoms with Crippen molar-refractivity contribution in [2.75, 3.05) is 26.9 Å². The fourth-order valence-corrected chi connectivity index (χ4v) is 3.75. The van der Waals surface area contributed by atoms with Gasteiger partial charge in [-0.3, -0.25) is 0 Å². The number of hydrogen-bond donors (Lipinski definition) is 0. The van der Waals surface area contributed by atoms with Crippen LogP contribution in [0.5, 0.6) is 5.75 Å². The molecule has 3 rings (SSSR count). The Labute approximate surface area is 151 Å². The van der Waals surface area contributed by atoms with Crippen LogP contribution in [0.2, 0.25) is 0 Å². The van der Waals surface area contributed by atoms with Gasteiger partial charge in [-0.25, -0.2) is 0 Å². The zero-order valence-corrected chi connectivity index (χ0v) is 15.6. The topological polar surface area (TPSA) is 36.9 Å². The zero-order chi connectivity index (χ0) is 17.5. The smallest absolute Gasteiger partial charge is 0.162 e. The van der Waals surface area contributed by atoms with E-state index in [9.17, 15) is 0 Å². The third kappa shape index (κ3) is 5.19. The number of methoxy groups -OCH3 is 1. The first-order valence-electron chi connectivity index (χ1n) is 9.79. The van der Waals surface area contributed by atoms with E-state index in [-0.39, 0.29) is 12.4 Å². The summed E-state index contributed by atoms with van der Waals surface area (Å²) in [4.78, 5) is 0.